The van der Waals surface area contributed by atoms with Gasteiger partial charge in [0.25, 0.3) is 0 Å². The van der Waals surface area contributed by atoms with Crippen LogP contribution in [0.4, 0.5) is 9.52 Å². The van der Waals surface area contributed by atoms with Crippen LogP contribution in [0, 0.1) is 11.7 Å². The lowest BCUT2D eigenvalue weighted by molar-refractivity contribution is 0.0191. The quantitative estimate of drug-likeness (QED) is 0.221. The molecule has 2 bridgehead atoms. The second-order valence-electron chi connectivity index (χ2n) is 10.4. The van der Waals surface area contributed by atoms with Crippen LogP contribution in [0.25, 0.3) is 21.5 Å². The molecule has 1 saturated heterocycles. The lowest BCUT2D eigenvalue weighted by Gasteiger charge is -2.31. The zero-order chi connectivity index (χ0) is 27.7. The molecular formula is C28H22Cl2FN3O5S. The second kappa shape index (κ2) is 9.71. The molecule has 8 nitrogen and oxygen atoms in total. The number of methoxy groups -OCH3 is 1. The van der Waals surface area contributed by atoms with Crippen LogP contribution >= 0.6 is 34.5 Å². The van der Waals surface area contributed by atoms with Gasteiger partial charge >= 0.3 is 11.9 Å². The minimum absolute atomic E-state index is 0.0908. The number of piperidine rings is 1. The molecule has 206 valence electrons. The van der Waals surface area contributed by atoms with Gasteiger partial charge in [0.05, 0.1) is 27.4 Å². The largest absolute Gasteiger partial charge is 0.465 e. The Labute approximate surface area is 241 Å². The third kappa shape index (κ3) is 4.24. The number of fused-ring (bicyclic) bond motifs is 3. The molecule has 3 atom stereocenters. The molecular weight excluding hydrogens is 580 g/mol. The highest BCUT2D eigenvalue weighted by Crippen LogP contribution is 2.48. The van der Waals surface area contributed by atoms with Gasteiger partial charge in [0.1, 0.15) is 22.9 Å². The summed E-state index contributed by atoms with van der Waals surface area (Å²) in [6.07, 6.45) is 2.99. The van der Waals surface area contributed by atoms with Crippen molar-refractivity contribution in [1.82, 2.24) is 10.1 Å². The van der Waals surface area contributed by atoms with Crippen LogP contribution in [-0.2, 0) is 9.47 Å². The molecule has 2 saturated carbocycles. The molecule has 2 aliphatic carbocycles. The number of benzene rings is 2. The number of nitrogens with zero attached hydrogens (tertiary/aromatic N) is 3. The van der Waals surface area contributed by atoms with Crippen molar-refractivity contribution in [2.45, 2.75) is 43.7 Å². The molecule has 0 spiro atoms. The van der Waals surface area contributed by atoms with Gasteiger partial charge in [-0.3, -0.25) is 0 Å². The second-order valence-corrected chi connectivity index (χ2v) is 12.2. The van der Waals surface area contributed by atoms with E-state index >= 15 is 0 Å². The summed E-state index contributed by atoms with van der Waals surface area (Å²) in [6.45, 7) is 0.621. The maximum absolute atomic E-state index is 14.7. The standard InChI is InChI=1S/C28H22Cl2FN3O5S/c1-37-26(35)13-8-18(31)23-20(9-13)40-28(32-23)34-11-14-7-15(34)10-19(14)38-27(36)22-24(33-39-25(22)12-5-6-12)21-16(29)3-2-4-17(21)30/h2-4,8-9,12,14-15,19H,5-7,10-11H2,1H3/t14-,15-,19-/m0/s1. The van der Waals surface area contributed by atoms with Gasteiger partial charge in [-0.15, -0.1) is 0 Å². The van der Waals surface area contributed by atoms with Crippen LogP contribution in [-0.4, -0.2) is 47.9 Å². The maximum Gasteiger partial charge on any atom is 0.344 e. The van der Waals surface area contributed by atoms with E-state index in [-0.39, 0.29) is 35.1 Å². The molecule has 3 aliphatic rings. The van der Waals surface area contributed by atoms with Gasteiger partial charge in [-0.05, 0) is 43.5 Å². The molecule has 0 N–H and O–H groups in total. The van der Waals surface area contributed by atoms with E-state index < -0.39 is 17.8 Å². The fourth-order valence-corrected chi connectivity index (χ4v) is 7.51. The number of halogens is 3. The molecule has 7 rings (SSSR count). The maximum atomic E-state index is 14.7. The van der Waals surface area contributed by atoms with Crippen molar-refractivity contribution in [2.75, 3.05) is 18.6 Å². The van der Waals surface area contributed by atoms with E-state index in [0.717, 1.165) is 25.3 Å². The van der Waals surface area contributed by atoms with Crippen molar-refractivity contribution in [1.29, 1.82) is 0 Å². The minimum atomic E-state index is -0.599. The van der Waals surface area contributed by atoms with E-state index in [0.29, 0.717) is 55.4 Å². The Morgan fingerprint density at radius 2 is 1.93 bits per heavy atom. The summed E-state index contributed by atoms with van der Waals surface area (Å²) in [6, 6.07) is 7.95. The molecule has 3 fully saturated rings. The number of esters is 2. The first-order chi connectivity index (χ1) is 19.3. The van der Waals surface area contributed by atoms with E-state index in [1.807, 2.05) is 0 Å². The van der Waals surface area contributed by atoms with Gasteiger partial charge in [0, 0.05) is 36.4 Å². The summed E-state index contributed by atoms with van der Waals surface area (Å²) in [5.74, 6) is -0.920. The smallest absolute Gasteiger partial charge is 0.344 e. The topological polar surface area (TPSA) is 94.8 Å². The molecule has 0 amide bonds. The molecule has 4 aromatic rings. The predicted octanol–water partition coefficient (Wildman–Crippen LogP) is 6.89. The fraction of sp³-hybridized carbons (Fsp3) is 0.357. The SMILES string of the molecule is COC(=O)c1cc(F)c2nc(N3C[C@@H]4C[C@H]3C[C@@H]4OC(=O)c3c(-c4c(Cl)cccc4Cl)noc3C3CC3)sc2c1. The van der Waals surface area contributed by atoms with Crippen molar-refractivity contribution in [3.8, 4) is 11.3 Å². The summed E-state index contributed by atoms with van der Waals surface area (Å²) in [4.78, 5) is 32.2. The Bertz CT molecular complexity index is 1670. The van der Waals surface area contributed by atoms with Crippen LogP contribution in [0.2, 0.25) is 10.0 Å². The summed E-state index contributed by atoms with van der Waals surface area (Å²) in [5, 5.41) is 5.62. The van der Waals surface area contributed by atoms with Crippen molar-refractivity contribution < 1.29 is 28.0 Å². The average molecular weight is 602 g/mol. The third-order valence-corrected chi connectivity index (χ3v) is 9.58. The average Bonchev–Trinajstić information content (AvgIpc) is 3.26. The Morgan fingerprint density at radius 1 is 1.15 bits per heavy atom. The van der Waals surface area contributed by atoms with Crippen LogP contribution < -0.4 is 4.90 Å². The highest BCUT2D eigenvalue weighted by molar-refractivity contribution is 7.22. The monoisotopic (exact) mass is 601 g/mol. The van der Waals surface area contributed by atoms with Crippen LogP contribution in [0.1, 0.15) is 58.1 Å². The number of ether oxygens (including phenoxy) is 2. The first-order valence-electron chi connectivity index (χ1n) is 12.9. The Kier molecular flexibility index (Phi) is 6.25. The fourth-order valence-electron chi connectivity index (χ4n) is 5.84. The lowest BCUT2D eigenvalue weighted by Crippen LogP contribution is -2.39. The van der Waals surface area contributed by atoms with Crippen LogP contribution in [0.5, 0.6) is 0 Å². The number of thiazole rings is 1. The molecule has 40 heavy (non-hydrogen) atoms. The number of hydrogen-bond acceptors (Lipinski definition) is 9. The van der Waals surface area contributed by atoms with Crippen molar-refractivity contribution >= 4 is 61.8 Å². The Morgan fingerprint density at radius 3 is 2.60 bits per heavy atom. The van der Waals surface area contributed by atoms with Gasteiger partial charge in [0.15, 0.2) is 16.7 Å². The van der Waals surface area contributed by atoms with Crippen molar-refractivity contribution in [2.24, 2.45) is 5.92 Å². The Hall–Kier alpha value is -3.21. The normalized spacial score (nSPS) is 21.8. The van der Waals surface area contributed by atoms with E-state index in [4.69, 9.17) is 37.2 Å². The predicted molar refractivity (Wildman–Crippen MR) is 148 cm³/mol. The molecule has 1 aliphatic heterocycles. The number of aromatic nitrogens is 2. The summed E-state index contributed by atoms with van der Waals surface area (Å²) in [7, 11) is 1.26. The first kappa shape index (κ1) is 25.7. The van der Waals surface area contributed by atoms with Gasteiger partial charge < -0.3 is 18.9 Å². The van der Waals surface area contributed by atoms with E-state index in [1.165, 1.54) is 18.4 Å². The number of hydrogen-bond donors (Lipinski definition) is 0. The molecule has 2 aromatic heterocycles. The van der Waals surface area contributed by atoms with Crippen molar-refractivity contribution in [3.63, 3.8) is 0 Å². The van der Waals surface area contributed by atoms with Crippen molar-refractivity contribution in [3.05, 3.63) is 63.1 Å². The van der Waals surface area contributed by atoms with Crippen LogP contribution in [0.15, 0.2) is 34.9 Å². The number of rotatable bonds is 6. The zero-order valence-electron chi connectivity index (χ0n) is 21.2. The molecule has 0 unspecified atom stereocenters. The van der Waals surface area contributed by atoms with E-state index in [9.17, 15) is 14.0 Å². The number of carbonyl (C=O) groups is 2. The summed E-state index contributed by atoms with van der Waals surface area (Å²) in [5.41, 5.74) is 1.42. The van der Waals surface area contributed by atoms with Crippen LogP contribution in [0.3, 0.4) is 0 Å². The number of carbonyl (C=O) groups excluding carboxylic acids is 2. The van der Waals surface area contributed by atoms with E-state index in [2.05, 4.69) is 15.0 Å². The van der Waals surface area contributed by atoms with Gasteiger partial charge in [0.2, 0.25) is 0 Å². The van der Waals surface area contributed by atoms with E-state index in [1.54, 1.807) is 24.3 Å². The molecule has 0 radical (unpaired) electrons. The van der Waals surface area contributed by atoms with Gasteiger partial charge in [-0.1, -0.05) is 45.8 Å². The van der Waals surface area contributed by atoms with Gasteiger partial charge in [-0.2, -0.15) is 0 Å². The first-order valence-corrected chi connectivity index (χ1v) is 14.5. The molecule has 12 heteroatoms. The minimum Gasteiger partial charge on any atom is -0.465 e. The highest BCUT2D eigenvalue weighted by atomic mass is 35.5. The summed E-state index contributed by atoms with van der Waals surface area (Å²) >= 11 is 14.2. The highest BCUT2D eigenvalue weighted by Gasteiger charge is 2.48. The lowest BCUT2D eigenvalue weighted by atomic mass is 10.0. The molecule has 2 aromatic carbocycles. The molecule has 3 heterocycles. The zero-order valence-corrected chi connectivity index (χ0v) is 23.5. The van der Waals surface area contributed by atoms with Gasteiger partial charge in [-0.25, -0.2) is 19.0 Å². The Balaban J connectivity index is 1.11. The number of anilines is 1. The summed E-state index contributed by atoms with van der Waals surface area (Å²) < 4.78 is 31.7. The third-order valence-electron chi connectivity index (χ3n) is 7.91.